The number of nitrogens with zero attached hydrogens (tertiary/aromatic N) is 1. The minimum absolute atomic E-state index is 0.112. The van der Waals surface area contributed by atoms with Gasteiger partial charge in [-0.05, 0) is 43.0 Å². The predicted octanol–water partition coefficient (Wildman–Crippen LogP) is 4.15. The minimum atomic E-state index is -1.21. The second kappa shape index (κ2) is 10.1. The highest BCUT2D eigenvalue weighted by molar-refractivity contribution is 6.30. The summed E-state index contributed by atoms with van der Waals surface area (Å²) in [5, 5.41) is 6.85. The molecule has 3 aliphatic heterocycles. The maximum absolute atomic E-state index is 14.2. The molecule has 0 radical (unpaired) electrons. The van der Waals surface area contributed by atoms with Crippen LogP contribution in [-0.2, 0) is 32.2 Å². The lowest BCUT2D eigenvalue weighted by Gasteiger charge is -2.33. The van der Waals surface area contributed by atoms with Gasteiger partial charge in [-0.25, -0.2) is 0 Å². The van der Waals surface area contributed by atoms with Crippen LogP contribution in [0.2, 0.25) is 5.02 Å². The van der Waals surface area contributed by atoms with Crippen molar-refractivity contribution in [3.8, 4) is 0 Å². The molecule has 3 heterocycles. The van der Waals surface area contributed by atoms with Gasteiger partial charge in [0.1, 0.15) is 11.6 Å². The molecule has 0 aromatic heterocycles. The van der Waals surface area contributed by atoms with Gasteiger partial charge < -0.3 is 20.3 Å². The maximum Gasteiger partial charge on any atom is 0.246 e. The highest BCUT2D eigenvalue weighted by atomic mass is 35.5. The summed E-state index contributed by atoms with van der Waals surface area (Å²) >= 11 is 6.09. The van der Waals surface area contributed by atoms with Crippen LogP contribution in [0.25, 0.3) is 0 Å². The molecule has 3 fully saturated rings. The molecule has 1 spiro atoms. The molecule has 5 atom stereocenters. The van der Waals surface area contributed by atoms with Gasteiger partial charge in [-0.3, -0.25) is 14.4 Å². The van der Waals surface area contributed by atoms with Crippen LogP contribution < -0.4 is 10.6 Å². The van der Waals surface area contributed by atoms with E-state index in [1.54, 1.807) is 17.0 Å². The molecular weight excluding hydrogens is 514 g/mol. The van der Waals surface area contributed by atoms with Gasteiger partial charge in [0.25, 0.3) is 0 Å². The number of likely N-dealkylation sites (tertiary alicyclic amines) is 1. The zero-order valence-electron chi connectivity index (χ0n) is 22.1. The number of fused-ring (bicyclic) bond motifs is 1. The van der Waals surface area contributed by atoms with Crippen molar-refractivity contribution in [3.63, 3.8) is 0 Å². The van der Waals surface area contributed by atoms with Crippen LogP contribution in [0.15, 0.2) is 66.7 Å². The summed E-state index contributed by atoms with van der Waals surface area (Å²) in [7, 11) is 0. The molecule has 2 N–H and O–H groups in total. The number of carbonyl (C=O) groups excluding carboxylic acids is 3. The fourth-order valence-electron chi connectivity index (χ4n) is 7.01. The summed E-state index contributed by atoms with van der Waals surface area (Å²) in [6.07, 6.45) is 9.00. The number of carbonyl (C=O) groups is 3. The standard InChI is InChI=1S/C31H34ClN3O4/c1-30-16-17-31(39-30)25(24(30)27(36)34-23-10-6-3-7-11-23)29(38)35(19-21-12-14-22(32)15-13-21)26(31)28(37)33-18-20-8-4-2-5-9-20/h2,4-5,8-9,12-17,23-26H,3,6-7,10-11,18-19H2,1H3,(H,33,37)(H,34,36)/t24-,25+,26+,30+,31-/m1/s1. The average molecular weight is 548 g/mol. The van der Waals surface area contributed by atoms with E-state index in [4.69, 9.17) is 16.3 Å². The van der Waals surface area contributed by atoms with Crippen molar-refractivity contribution >= 4 is 29.3 Å². The largest absolute Gasteiger partial charge is 0.356 e. The smallest absolute Gasteiger partial charge is 0.246 e. The molecule has 204 valence electrons. The maximum atomic E-state index is 14.2. The normalized spacial score (nSPS) is 31.4. The van der Waals surface area contributed by atoms with E-state index in [2.05, 4.69) is 10.6 Å². The molecule has 4 aliphatic rings. The number of benzene rings is 2. The van der Waals surface area contributed by atoms with E-state index in [9.17, 15) is 14.4 Å². The van der Waals surface area contributed by atoms with Crippen LogP contribution in [0.4, 0.5) is 0 Å². The third-order valence-corrected chi connectivity index (χ3v) is 9.11. The second-order valence-corrected chi connectivity index (χ2v) is 11.9. The zero-order valence-corrected chi connectivity index (χ0v) is 22.8. The van der Waals surface area contributed by atoms with Crippen molar-refractivity contribution in [3.05, 3.63) is 82.9 Å². The number of amides is 3. The Hall–Kier alpha value is -3.16. The monoisotopic (exact) mass is 547 g/mol. The molecule has 2 aromatic rings. The molecule has 8 heteroatoms. The molecular formula is C31H34ClN3O4. The molecule has 2 bridgehead atoms. The lowest BCUT2D eigenvalue weighted by Crippen LogP contribution is -2.54. The fourth-order valence-corrected chi connectivity index (χ4v) is 7.13. The van der Waals surface area contributed by atoms with Gasteiger partial charge in [-0.15, -0.1) is 0 Å². The fraction of sp³-hybridized carbons (Fsp3) is 0.452. The summed E-state index contributed by atoms with van der Waals surface area (Å²) in [4.78, 5) is 43.5. The van der Waals surface area contributed by atoms with Gasteiger partial charge in [-0.2, -0.15) is 0 Å². The Morgan fingerprint density at radius 2 is 1.69 bits per heavy atom. The van der Waals surface area contributed by atoms with Crippen LogP contribution in [0.1, 0.15) is 50.2 Å². The van der Waals surface area contributed by atoms with Gasteiger partial charge in [0, 0.05) is 24.2 Å². The van der Waals surface area contributed by atoms with Crippen molar-refractivity contribution in [2.75, 3.05) is 0 Å². The van der Waals surface area contributed by atoms with Crippen LogP contribution in [0, 0.1) is 11.8 Å². The van der Waals surface area contributed by atoms with Crippen molar-refractivity contribution in [2.45, 2.75) is 75.4 Å². The van der Waals surface area contributed by atoms with E-state index in [1.165, 1.54) is 6.42 Å². The van der Waals surface area contributed by atoms with E-state index >= 15 is 0 Å². The van der Waals surface area contributed by atoms with Crippen LogP contribution in [0.5, 0.6) is 0 Å². The summed E-state index contributed by atoms with van der Waals surface area (Å²) in [5.74, 6) is -2.19. The SMILES string of the molecule is C[C@@]12C=C[C@@]3(O1)[C@H](C(=O)N(Cc1ccc(Cl)cc1)[C@H]3C(=O)NCc1ccccc1)[C@@H]2C(=O)NC1CCCCC1. The number of hydrogen-bond donors (Lipinski definition) is 2. The number of rotatable bonds is 7. The quantitative estimate of drug-likeness (QED) is 0.510. The lowest BCUT2D eigenvalue weighted by atomic mass is 9.70. The van der Waals surface area contributed by atoms with Crippen molar-refractivity contribution in [1.82, 2.24) is 15.5 Å². The Morgan fingerprint density at radius 3 is 2.41 bits per heavy atom. The van der Waals surface area contributed by atoms with E-state index in [0.29, 0.717) is 11.6 Å². The Balaban J connectivity index is 1.32. The van der Waals surface area contributed by atoms with Gasteiger partial charge >= 0.3 is 0 Å². The Labute approximate surface area is 233 Å². The van der Waals surface area contributed by atoms with Gasteiger partial charge in [0.05, 0.1) is 17.4 Å². The zero-order chi connectivity index (χ0) is 27.2. The third kappa shape index (κ3) is 4.55. The Bertz CT molecular complexity index is 1290. The first-order valence-electron chi connectivity index (χ1n) is 13.9. The third-order valence-electron chi connectivity index (χ3n) is 8.85. The summed E-state index contributed by atoms with van der Waals surface area (Å²) in [6.45, 7) is 2.40. The van der Waals surface area contributed by atoms with E-state index in [0.717, 1.165) is 36.8 Å². The van der Waals surface area contributed by atoms with E-state index in [1.807, 2.05) is 61.5 Å². The molecule has 39 heavy (non-hydrogen) atoms. The number of ether oxygens (including phenoxy) is 1. The van der Waals surface area contributed by atoms with Gasteiger partial charge in [-0.1, -0.05) is 85.5 Å². The summed E-state index contributed by atoms with van der Waals surface area (Å²) in [6, 6.07) is 16.1. The molecule has 1 saturated carbocycles. The number of hydrogen-bond acceptors (Lipinski definition) is 4. The Kier molecular flexibility index (Phi) is 6.76. The molecule has 0 unspecified atom stereocenters. The van der Waals surface area contributed by atoms with Crippen LogP contribution in [-0.4, -0.2) is 45.9 Å². The summed E-state index contributed by atoms with van der Waals surface area (Å²) in [5.41, 5.74) is -0.368. The molecule has 6 rings (SSSR count). The van der Waals surface area contributed by atoms with Crippen LogP contribution in [0.3, 0.4) is 0 Å². The van der Waals surface area contributed by atoms with Crippen molar-refractivity contribution < 1.29 is 19.1 Å². The van der Waals surface area contributed by atoms with Crippen molar-refractivity contribution in [2.24, 2.45) is 11.8 Å². The first kappa shape index (κ1) is 26.1. The highest BCUT2D eigenvalue weighted by Crippen LogP contribution is 2.59. The average Bonchev–Trinajstić information content (AvgIpc) is 3.50. The summed E-state index contributed by atoms with van der Waals surface area (Å²) < 4.78 is 6.62. The highest BCUT2D eigenvalue weighted by Gasteiger charge is 2.76. The van der Waals surface area contributed by atoms with Gasteiger partial charge in [0.2, 0.25) is 17.7 Å². The first-order valence-corrected chi connectivity index (χ1v) is 14.3. The number of nitrogens with one attached hydrogen (secondary N) is 2. The Morgan fingerprint density at radius 1 is 0.974 bits per heavy atom. The molecule has 3 amide bonds. The van der Waals surface area contributed by atoms with Crippen molar-refractivity contribution in [1.29, 1.82) is 0 Å². The van der Waals surface area contributed by atoms with Crippen LogP contribution >= 0.6 is 11.6 Å². The first-order chi connectivity index (χ1) is 18.8. The predicted molar refractivity (Wildman–Crippen MR) is 147 cm³/mol. The molecule has 7 nitrogen and oxygen atoms in total. The van der Waals surface area contributed by atoms with E-state index < -0.39 is 29.1 Å². The lowest BCUT2D eigenvalue weighted by molar-refractivity contribution is -0.145. The molecule has 2 aromatic carbocycles. The second-order valence-electron chi connectivity index (χ2n) is 11.5. The number of halogens is 1. The molecule has 1 aliphatic carbocycles. The minimum Gasteiger partial charge on any atom is -0.356 e. The van der Waals surface area contributed by atoms with Gasteiger partial charge in [0.15, 0.2) is 0 Å². The topological polar surface area (TPSA) is 87.7 Å². The molecule has 2 saturated heterocycles. The van der Waals surface area contributed by atoms with E-state index in [-0.39, 0.29) is 30.3 Å².